The Hall–Kier alpha value is -3.07. The molecule has 4 aromatic rings. The average molecular weight is 299 g/mol. The van der Waals surface area contributed by atoms with E-state index in [9.17, 15) is 0 Å². The van der Waals surface area contributed by atoms with Gasteiger partial charge in [0.2, 0.25) is 0 Å². The molecule has 0 aliphatic carbocycles. The van der Waals surface area contributed by atoms with Crippen LogP contribution in [0.4, 0.5) is 0 Å². The van der Waals surface area contributed by atoms with Gasteiger partial charge in [0.25, 0.3) is 0 Å². The topological polar surface area (TPSA) is 33.6 Å². The normalized spacial score (nSPS) is 10.8. The summed E-state index contributed by atoms with van der Waals surface area (Å²) in [6.07, 6.45) is 0. The predicted molar refractivity (Wildman–Crippen MR) is 93.0 cm³/mol. The quantitative estimate of drug-likeness (QED) is 0.587. The van der Waals surface area contributed by atoms with Crippen LogP contribution < -0.4 is 0 Å². The monoisotopic (exact) mass is 299 g/mol. The van der Waals surface area contributed by atoms with Crippen LogP contribution >= 0.6 is 0 Å². The fourth-order valence-corrected chi connectivity index (χ4v) is 2.69. The van der Waals surface area contributed by atoms with E-state index in [0.717, 1.165) is 17.9 Å². The molecule has 0 bridgehead atoms. The maximum Gasteiger partial charge on any atom is 0.175 e. The second-order valence-electron chi connectivity index (χ2n) is 5.55. The standard InChI is InChI=1S/C20H17N3/c1-3-9-17(10-4-1)19-13-7-8-16(14-19)15-23-21-20(22-23)18-11-5-2-6-12-18/h1-14H,15H2,(H,21,22). The summed E-state index contributed by atoms with van der Waals surface area (Å²) in [7, 11) is 0. The van der Waals surface area contributed by atoms with Gasteiger partial charge in [0.1, 0.15) is 0 Å². The molecule has 1 N–H and O–H groups in total. The van der Waals surface area contributed by atoms with Crippen molar-refractivity contribution >= 4 is 0 Å². The first-order valence-electron chi connectivity index (χ1n) is 7.71. The van der Waals surface area contributed by atoms with E-state index < -0.39 is 0 Å². The lowest BCUT2D eigenvalue weighted by molar-refractivity contribution is 0.509. The van der Waals surface area contributed by atoms with Gasteiger partial charge in [0, 0.05) is 5.56 Å². The van der Waals surface area contributed by atoms with E-state index >= 15 is 0 Å². The maximum absolute atomic E-state index is 4.53. The van der Waals surface area contributed by atoms with E-state index in [4.69, 9.17) is 0 Å². The van der Waals surface area contributed by atoms with Crippen molar-refractivity contribution in [3.05, 3.63) is 90.5 Å². The summed E-state index contributed by atoms with van der Waals surface area (Å²) in [5, 5.41) is 7.82. The highest BCUT2D eigenvalue weighted by Gasteiger charge is 2.07. The first kappa shape index (κ1) is 13.6. The molecule has 0 fully saturated rings. The Labute approximate surface area is 135 Å². The summed E-state index contributed by atoms with van der Waals surface area (Å²) < 4.78 is 0. The predicted octanol–water partition coefficient (Wildman–Crippen LogP) is 4.59. The molecule has 0 unspecified atom stereocenters. The van der Waals surface area contributed by atoms with E-state index in [1.807, 2.05) is 29.1 Å². The third-order valence-corrected chi connectivity index (χ3v) is 3.87. The smallest absolute Gasteiger partial charge is 0.175 e. The van der Waals surface area contributed by atoms with Crippen molar-refractivity contribution in [1.29, 1.82) is 0 Å². The zero-order valence-corrected chi connectivity index (χ0v) is 12.7. The van der Waals surface area contributed by atoms with Crippen LogP contribution in [-0.2, 0) is 6.54 Å². The number of H-pyrrole nitrogens is 1. The number of nitrogens with zero attached hydrogens (tertiary/aromatic N) is 2. The number of nitrogens with one attached hydrogen (secondary N) is 1. The van der Waals surface area contributed by atoms with Crippen molar-refractivity contribution in [2.45, 2.75) is 6.54 Å². The largest absolute Gasteiger partial charge is 0.263 e. The number of aromatic nitrogens is 3. The summed E-state index contributed by atoms with van der Waals surface area (Å²) >= 11 is 0. The Morgan fingerprint density at radius 2 is 1.30 bits per heavy atom. The van der Waals surface area contributed by atoms with Gasteiger partial charge in [-0.3, -0.25) is 5.10 Å². The molecule has 4 rings (SSSR count). The summed E-state index contributed by atoms with van der Waals surface area (Å²) in [4.78, 5) is 1.87. The number of rotatable bonds is 4. The van der Waals surface area contributed by atoms with E-state index in [1.165, 1.54) is 16.7 Å². The van der Waals surface area contributed by atoms with Gasteiger partial charge >= 0.3 is 0 Å². The van der Waals surface area contributed by atoms with Crippen molar-refractivity contribution < 1.29 is 0 Å². The van der Waals surface area contributed by atoms with Gasteiger partial charge in [-0.25, -0.2) is 0 Å². The Kier molecular flexibility index (Phi) is 3.53. The summed E-state index contributed by atoms with van der Waals surface area (Å²) in [6, 6.07) is 29.2. The Morgan fingerprint density at radius 1 is 0.696 bits per heavy atom. The first-order chi connectivity index (χ1) is 11.4. The molecule has 1 heterocycles. The van der Waals surface area contributed by atoms with Gasteiger partial charge < -0.3 is 0 Å². The Morgan fingerprint density at radius 3 is 2.00 bits per heavy atom. The molecule has 23 heavy (non-hydrogen) atoms. The molecule has 0 saturated carbocycles. The third kappa shape index (κ3) is 2.94. The molecule has 112 valence electrons. The lowest BCUT2D eigenvalue weighted by atomic mass is 10.0. The van der Waals surface area contributed by atoms with Gasteiger partial charge in [0.15, 0.2) is 5.82 Å². The molecule has 3 nitrogen and oxygen atoms in total. The molecule has 0 radical (unpaired) electrons. The zero-order chi connectivity index (χ0) is 15.5. The molecule has 0 aliphatic rings. The minimum Gasteiger partial charge on any atom is -0.263 e. The number of aromatic amines is 1. The van der Waals surface area contributed by atoms with E-state index in [1.54, 1.807) is 0 Å². The molecule has 0 saturated heterocycles. The summed E-state index contributed by atoms with van der Waals surface area (Å²) in [6.45, 7) is 0.747. The SMILES string of the molecule is c1ccc(-c2cccc(Cn3nc(-c4ccccc4)[nH]3)c2)cc1. The van der Waals surface area contributed by atoms with Gasteiger partial charge in [-0.1, -0.05) is 78.9 Å². The highest BCUT2D eigenvalue weighted by atomic mass is 15.5. The van der Waals surface area contributed by atoms with E-state index in [-0.39, 0.29) is 0 Å². The second-order valence-corrected chi connectivity index (χ2v) is 5.55. The van der Waals surface area contributed by atoms with Crippen molar-refractivity contribution in [2.24, 2.45) is 0 Å². The second kappa shape index (κ2) is 5.97. The molecule has 3 aromatic carbocycles. The van der Waals surface area contributed by atoms with Crippen LogP contribution in [0.2, 0.25) is 0 Å². The van der Waals surface area contributed by atoms with Crippen LogP contribution in [0.1, 0.15) is 5.56 Å². The third-order valence-electron chi connectivity index (χ3n) is 3.87. The van der Waals surface area contributed by atoms with Gasteiger partial charge in [-0.15, -0.1) is 5.10 Å². The molecule has 0 spiro atoms. The minimum absolute atomic E-state index is 0.747. The Balaban J connectivity index is 1.52. The van der Waals surface area contributed by atoms with Gasteiger partial charge in [0.05, 0.1) is 6.54 Å². The van der Waals surface area contributed by atoms with E-state index in [0.29, 0.717) is 0 Å². The lowest BCUT2D eigenvalue weighted by Gasteiger charge is -2.14. The highest BCUT2D eigenvalue weighted by Crippen LogP contribution is 2.21. The summed E-state index contributed by atoms with van der Waals surface area (Å²) in [5.41, 5.74) is 4.81. The fraction of sp³-hybridized carbons (Fsp3) is 0.0500. The van der Waals surface area contributed by atoms with Crippen LogP contribution in [0.15, 0.2) is 84.9 Å². The van der Waals surface area contributed by atoms with E-state index in [2.05, 4.69) is 70.9 Å². The summed E-state index contributed by atoms with van der Waals surface area (Å²) in [5.74, 6) is 0.921. The van der Waals surface area contributed by atoms with Crippen LogP contribution in [0.5, 0.6) is 0 Å². The van der Waals surface area contributed by atoms with Gasteiger partial charge in [-0.05, 0) is 22.8 Å². The average Bonchev–Trinajstić information content (AvgIpc) is 2.59. The number of hydrogen-bond acceptors (Lipinski definition) is 1. The highest BCUT2D eigenvalue weighted by molar-refractivity contribution is 5.64. The van der Waals surface area contributed by atoms with Gasteiger partial charge in [-0.2, -0.15) is 4.80 Å². The van der Waals surface area contributed by atoms with Crippen LogP contribution in [0.3, 0.4) is 0 Å². The fourth-order valence-electron chi connectivity index (χ4n) is 2.69. The van der Waals surface area contributed by atoms with Crippen LogP contribution in [-0.4, -0.2) is 15.0 Å². The lowest BCUT2D eigenvalue weighted by Crippen LogP contribution is -2.17. The molecule has 3 heteroatoms. The van der Waals surface area contributed by atoms with Crippen molar-refractivity contribution in [3.63, 3.8) is 0 Å². The van der Waals surface area contributed by atoms with Crippen LogP contribution in [0, 0.1) is 0 Å². The zero-order valence-electron chi connectivity index (χ0n) is 12.7. The number of hydrogen-bond donors (Lipinski definition) is 1. The van der Waals surface area contributed by atoms with Crippen molar-refractivity contribution in [3.8, 4) is 22.5 Å². The first-order valence-corrected chi connectivity index (χ1v) is 7.71. The van der Waals surface area contributed by atoms with Crippen molar-refractivity contribution in [2.75, 3.05) is 0 Å². The molecular weight excluding hydrogens is 282 g/mol. The maximum atomic E-state index is 4.53. The minimum atomic E-state index is 0.747. The molecule has 0 aliphatic heterocycles. The van der Waals surface area contributed by atoms with Crippen LogP contribution in [0.25, 0.3) is 22.5 Å². The number of benzene rings is 3. The molecule has 1 aromatic heterocycles. The molecular formula is C20H17N3. The Bertz CT molecular complexity index is 877. The molecule has 0 amide bonds. The van der Waals surface area contributed by atoms with Crippen molar-refractivity contribution in [1.82, 2.24) is 15.0 Å². The molecule has 0 atom stereocenters.